The second kappa shape index (κ2) is 5.15. The Hall–Kier alpha value is -2.65. The highest BCUT2D eigenvalue weighted by molar-refractivity contribution is 7.17. The van der Waals surface area contributed by atoms with Crippen molar-refractivity contribution in [3.05, 3.63) is 57.5 Å². The van der Waals surface area contributed by atoms with Crippen LogP contribution in [0.5, 0.6) is 5.75 Å². The van der Waals surface area contributed by atoms with Gasteiger partial charge in [-0.2, -0.15) is 5.26 Å². The predicted molar refractivity (Wildman–Crippen MR) is 75.7 cm³/mol. The first kappa shape index (κ1) is 12.4. The Bertz CT molecular complexity index is 843. The van der Waals surface area contributed by atoms with E-state index in [-0.39, 0.29) is 12.2 Å². The van der Waals surface area contributed by atoms with Gasteiger partial charge in [0, 0.05) is 0 Å². The molecule has 0 aliphatic carbocycles. The van der Waals surface area contributed by atoms with Crippen molar-refractivity contribution in [1.29, 1.82) is 5.26 Å². The predicted octanol–water partition coefficient (Wildman–Crippen LogP) is 2.44. The normalized spacial score (nSPS) is 10.3. The Kier molecular flexibility index (Phi) is 3.19. The number of H-pyrrole nitrogens is 1. The zero-order valence-electron chi connectivity index (χ0n) is 10.3. The van der Waals surface area contributed by atoms with Crippen molar-refractivity contribution in [1.82, 2.24) is 9.97 Å². The number of ether oxygens (including phenoxy) is 1. The summed E-state index contributed by atoms with van der Waals surface area (Å²) in [5.41, 5.74) is 1.10. The average Bonchev–Trinajstić information content (AvgIpc) is 2.94. The Balaban J connectivity index is 1.79. The molecular formula is C14H9N3O2S. The smallest absolute Gasteiger partial charge is 0.268 e. The van der Waals surface area contributed by atoms with Crippen molar-refractivity contribution in [3.63, 3.8) is 0 Å². The number of nitrogens with zero attached hydrogens (tertiary/aromatic N) is 2. The number of nitrogens with one attached hydrogen (secondary N) is 1. The van der Waals surface area contributed by atoms with Gasteiger partial charge < -0.3 is 9.72 Å². The van der Waals surface area contributed by atoms with Crippen LogP contribution < -0.4 is 10.3 Å². The van der Waals surface area contributed by atoms with Crippen LogP contribution in [-0.2, 0) is 6.61 Å². The van der Waals surface area contributed by atoms with Gasteiger partial charge in [0.2, 0.25) is 0 Å². The van der Waals surface area contributed by atoms with E-state index >= 15 is 0 Å². The number of hydrogen-bond acceptors (Lipinski definition) is 5. The highest BCUT2D eigenvalue weighted by atomic mass is 32.1. The van der Waals surface area contributed by atoms with Crippen molar-refractivity contribution in [2.45, 2.75) is 6.61 Å². The van der Waals surface area contributed by atoms with Crippen molar-refractivity contribution in [2.24, 2.45) is 0 Å². The minimum atomic E-state index is -0.150. The Labute approximate surface area is 118 Å². The van der Waals surface area contributed by atoms with Crippen molar-refractivity contribution in [2.75, 3.05) is 0 Å². The summed E-state index contributed by atoms with van der Waals surface area (Å²) in [7, 11) is 0. The number of rotatable bonds is 3. The van der Waals surface area contributed by atoms with Gasteiger partial charge in [-0.1, -0.05) is 0 Å². The van der Waals surface area contributed by atoms with Gasteiger partial charge >= 0.3 is 0 Å². The maximum absolute atomic E-state index is 11.8. The fourth-order valence-corrected chi connectivity index (χ4v) is 2.49. The van der Waals surface area contributed by atoms with Crippen LogP contribution in [0.25, 0.3) is 10.2 Å². The number of aromatic amines is 1. The summed E-state index contributed by atoms with van der Waals surface area (Å²) in [4.78, 5) is 18.8. The van der Waals surface area contributed by atoms with E-state index in [0.29, 0.717) is 27.4 Å². The molecule has 0 aliphatic heterocycles. The molecule has 2 aromatic heterocycles. The number of benzene rings is 1. The maximum Gasteiger partial charge on any atom is 0.268 e. The fourth-order valence-electron chi connectivity index (χ4n) is 1.77. The standard InChI is InChI=1S/C14H9N3O2S/c15-7-9-1-3-10(4-2-9)19-8-12-16-11-5-6-20-13(11)14(18)17-12/h1-6H,8H2,(H,16,17,18). The minimum absolute atomic E-state index is 0.150. The number of fused-ring (bicyclic) bond motifs is 1. The molecule has 1 aromatic carbocycles. The minimum Gasteiger partial charge on any atom is -0.486 e. The Morgan fingerprint density at radius 3 is 2.85 bits per heavy atom. The van der Waals surface area contributed by atoms with E-state index in [4.69, 9.17) is 10.00 Å². The second-order valence-corrected chi connectivity index (χ2v) is 4.99. The topological polar surface area (TPSA) is 78.8 Å². The molecule has 0 unspecified atom stereocenters. The van der Waals surface area contributed by atoms with E-state index in [1.54, 1.807) is 30.3 Å². The van der Waals surface area contributed by atoms with Gasteiger partial charge in [0.25, 0.3) is 5.56 Å². The number of nitriles is 1. The van der Waals surface area contributed by atoms with Crippen LogP contribution in [0.4, 0.5) is 0 Å². The lowest BCUT2D eigenvalue weighted by atomic mass is 10.2. The highest BCUT2D eigenvalue weighted by Crippen LogP contribution is 2.15. The monoisotopic (exact) mass is 283 g/mol. The molecule has 0 saturated heterocycles. The summed E-state index contributed by atoms with van der Waals surface area (Å²) in [6.45, 7) is 0.174. The molecule has 0 bridgehead atoms. The lowest BCUT2D eigenvalue weighted by Crippen LogP contribution is -2.12. The molecule has 5 nitrogen and oxygen atoms in total. The summed E-state index contributed by atoms with van der Waals surface area (Å²) in [6, 6.07) is 10.6. The van der Waals surface area contributed by atoms with E-state index in [9.17, 15) is 4.79 Å². The molecule has 0 fully saturated rings. The molecule has 2 heterocycles. The summed E-state index contributed by atoms with van der Waals surface area (Å²) < 4.78 is 6.15. The number of thiophene rings is 1. The molecule has 20 heavy (non-hydrogen) atoms. The molecule has 98 valence electrons. The third kappa shape index (κ3) is 2.39. The van der Waals surface area contributed by atoms with Gasteiger partial charge in [-0.05, 0) is 35.7 Å². The largest absolute Gasteiger partial charge is 0.486 e. The van der Waals surface area contributed by atoms with Gasteiger partial charge in [0.05, 0.1) is 17.1 Å². The SMILES string of the molecule is N#Cc1ccc(OCc2nc3ccsc3c(=O)[nH]2)cc1. The van der Waals surface area contributed by atoms with Crippen molar-refractivity contribution in [3.8, 4) is 11.8 Å². The van der Waals surface area contributed by atoms with Gasteiger partial charge in [0.1, 0.15) is 22.9 Å². The first-order valence-electron chi connectivity index (χ1n) is 5.85. The van der Waals surface area contributed by atoms with Crippen LogP contribution in [0, 0.1) is 11.3 Å². The zero-order chi connectivity index (χ0) is 13.9. The van der Waals surface area contributed by atoms with Crippen LogP contribution in [-0.4, -0.2) is 9.97 Å². The molecule has 0 aliphatic rings. The molecule has 0 saturated carbocycles. The van der Waals surface area contributed by atoms with Crippen LogP contribution in [0.3, 0.4) is 0 Å². The van der Waals surface area contributed by atoms with E-state index in [2.05, 4.69) is 9.97 Å². The highest BCUT2D eigenvalue weighted by Gasteiger charge is 2.05. The molecule has 3 rings (SSSR count). The first-order chi connectivity index (χ1) is 9.76. The summed E-state index contributed by atoms with van der Waals surface area (Å²) in [6.07, 6.45) is 0. The summed E-state index contributed by atoms with van der Waals surface area (Å²) >= 11 is 1.36. The fraction of sp³-hybridized carbons (Fsp3) is 0.0714. The maximum atomic E-state index is 11.8. The van der Waals surface area contributed by atoms with Crippen LogP contribution in [0.2, 0.25) is 0 Å². The van der Waals surface area contributed by atoms with Gasteiger partial charge in [0.15, 0.2) is 0 Å². The molecular weight excluding hydrogens is 274 g/mol. The van der Waals surface area contributed by atoms with Crippen molar-refractivity contribution < 1.29 is 4.74 Å². The van der Waals surface area contributed by atoms with Crippen LogP contribution in [0.15, 0.2) is 40.5 Å². The summed E-state index contributed by atoms with van der Waals surface area (Å²) in [5, 5.41) is 10.5. The van der Waals surface area contributed by atoms with E-state index < -0.39 is 0 Å². The molecule has 1 N–H and O–H groups in total. The molecule has 3 aromatic rings. The Morgan fingerprint density at radius 1 is 1.30 bits per heavy atom. The van der Waals surface area contributed by atoms with Crippen LogP contribution in [0.1, 0.15) is 11.4 Å². The van der Waals surface area contributed by atoms with E-state index in [1.165, 1.54) is 11.3 Å². The molecule has 0 atom stereocenters. The lowest BCUT2D eigenvalue weighted by Gasteiger charge is -2.05. The summed E-state index contributed by atoms with van der Waals surface area (Å²) in [5.74, 6) is 1.10. The third-order valence-electron chi connectivity index (χ3n) is 2.72. The zero-order valence-corrected chi connectivity index (χ0v) is 11.1. The molecule has 6 heteroatoms. The Morgan fingerprint density at radius 2 is 2.10 bits per heavy atom. The lowest BCUT2D eigenvalue weighted by molar-refractivity contribution is 0.296. The number of hydrogen-bond donors (Lipinski definition) is 1. The second-order valence-electron chi connectivity index (χ2n) is 4.07. The molecule has 0 amide bonds. The third-order valence-corrected chi connectivity index (χ3v) is 3.63. The van der Waals surface area contributed by atoms with Crippen LogP contribution >= 0.6 is 11.3 Å². The molecule has 0 radical (unpaired) electrons. The van der Waals surface area contributed by atoms with E-state index in [1.807, 2.05) is 11.4 Å². The first-order valence-corrected chi connectivity index (χ1v) is 6.73. The molecule has 0 spiro atoms. The van der Waals surface area contributed by atoms with Gasteiger partial charge in [-0.3, -0.25) is 4.79 Å². The van der Waals surface area contributed by atoms with Gasteiger partial charge in [-0.15, -0.1) is 11.3 Å². The van der Waals surface area contributed by atoms with Crippen molar-refractivity contribution >= 4 is 21.6 Å². The van der Waals surface area contributed by atoms with E-state index in [0.717, 1.165) is 0 Å². The average molecular weight is 283 g/mol. The van der Waals surface area contributed by atoms with Gasteiger partial charge in [-0.25, -0.2) is 4.98 Å². The number of aromatic nitrogens is 2. The quantitative estimate of drug-likeness (QED) is 0.800.